The maximum Gasteiger partial charge on any atom is 0.417 e. The number of halogens is 3. The quantitative estimate of drug-likeness (QED) is 0.215. The summed E-state index contributed by atoms with van der Waals surface area (Å²) in [5, 5.41) is 13.9. The highest BCUT2D eigenvalue weighted by atomic mass is 19.4. The summed E-state index contributed by atoms with van der Waals surface area (Å²) in [5.74, 6) is 0.278. The van der Waals surface area contributed by atoms with Crippen LogP contribution in [0.3, 0.4) is 0 Å². The predicted octanol–water partition coefficient (Wildman–Crippen LogP) is 5.44. The van der Waals surface area contributed by atoms with E-state index in [-0.39, 0.29) is 30.1 Å². The minimum Gasteiger partial charge on any atom is -0.488 e. The number of aromatic nitrogens is 3. The lowest BCUT2D eigenvalue weighted by Crippen LogP contribution is -2.09. The molecule has 0 atom stereocenters. The number of nitrogens with zero attached hydrogens (tertiary/aromatic N) is 4. The van der Waals surface area contributed by atoms with Gasteiger partial charge in [0.25, 0.3) is 0 Å². The van der Waals surface area contributed by atoms with Gasteiger partial charge in [0.2, 0.25) is 0 Å². The van der Waals surface area contributed by atoms with Gasteiger partial charge in [0.15, 0.2) is 17.3 Å². The SMILES string of the molecule is CCCc1nn(-c2ccc(C(F)(F)F)cn2)cc1CCCOc1c(C#N)cccc1OC(=O)CC. The van der Waals surface area contributed by atoms with Crippen molar-refractivity contribution in [2.45, 2.75) is 52.1 Å². The van der Waals surface area contributed by atoms with Gasteiger partial charge in [0.05, 0.1) is 23.4 Å². The average molecular weight is 486 g/mol. The number of carbonyl (C=O) groups is 1. The van der Waals surface area contributed by atoms with Gasteiger partial charge in [-0.3, -0.25) is 4.79 Å². The summed E-state index contributed by atoms with van der Waals surface area (Å²) in [5.41, 5.74) is 1.22. The van der Waals surface area contributed by atoms with E-state index >= 15 is 0 Å². The van der Waals surface area contributed by atoms with Crippen LogP contribution in [0.1, 0.15) is 55.5 Å². The lowest BCUT2D eigenvalue weighted by molar-refractivity contribution is -0.138. The summed E-state index contributed by atoms with van der Waals surface area (Å²) in [6.07, 6.45) is 1.01. The van der Waals surface area contributed by atoms with Crippen molar-refractivity contribution < 1.29 is 27.4 Å². The standard InChI is InChI=1S/C25H25F3N4O3/c1-3-7-20-18(16-32(31-20)22-12-11-19(15-30-22)25(26,27)28)9-6-13-34-24-17(14-29)8-5-10-21(24)35-23(33)4-2/h5,8,10-12,15-16H,3-4,6-7,9,13H2,1-2H3. The summed E-state index contributed by atoms with van der Waals surface area (Å²) in [7, 11) is 0. The molecule has 35 heavy (non-hydrogen) atoms. The van der Waals surface area contributed by atoms with Crippen LogP contribution < -0.4 is 9.47 Å². The van der Waals surface area contributed by atoms with Gasteiger partial charge in [-0.1, -0.05) is 26.3 Å². The highest BCUT2D eigenvalue weighted by Crippen LogP contribution is 2.32. The first-order valence-corrected chi connectivity index (χ1v) is 11.2. The Morgan fingerprint density at radius 3 is 2.60 bits per heavy atom. The van der Waals surface area contributed by atoms with E-state index in [1.807, 2.05) is 13.0 Å². The third-order valence-electron chi connectivity index (χ3n) is 5.12. The van der Waals surface area contributed by atoms with E-state index in [1.54, 1.807) is 31.3 Å². The monoisotopic (exact) mass is 486 g/mol. The number of aryl methyl sites for hydroxylation is 2. The highest BCUT2D eigenvalue weighted by Gasteiger charge is 2.30. The van der Waals surface area contributed by atoms with Gasteiger partial charge in [0, 0.05) is 18.8 Å². The van der Waals surface area contributed by atoms with Crippen molar-refractivity contribution in [2.24, 2.45) is 0 Å². The molecule has 3 aromatic rings. The van der Waals surface area contributed by atoms with Crippen LogP contribution in [-0.4, -0.2) is 27.3 Å². The molecule has 3 rings (SSSR count). The minimum atomic E-state index is -4.45. The molecule has 1 aromatic carbocycles. The summed E-state index contributed by atoms with van der Waals surface area (Å²) >= 11 is 0. The molecule has 0 aliphatic rings. The highest BCUT2D eigenvalue weighted by molar-refractivity contribution is 5.73. The largest absolute Gasteiger partial charge is 0.488 e. The number of carbonyl (C=O) groups excluding carboxylic acids is 1. The molecule has 0 amide bonds. The zero-order valence-electron chi connectivity index (χ0n) is 19.4. The topological polar surface area (TPSA) is 90.0 Å². The Labute approximate surface area is 201 Å². The lowest BCUT2D eigenvalue weighted by Gasteiger charge is -2.12. The van der Waals surface area contributed by atoms with Crippen molar-refractivity contribution in [2.75, 3.05) is 6.61 Å². The molecule has 0 aliphatic carbocycles. The predicted molar refractivity (Wildman–Crippen MR) is 121 cm³/mol. The summed E-state index contributed by atoms with van der Waals surface area (Å²) in [6, 6.07) is 9.08. The number of para-hydroxylation sites is 1. The second-order valence-electron chi connectivity index (χ2n) is 7.72. The normalized spacial score (nSPS) is 11.2. The molecule has 0 bridgehead atoms. The molecular weight excluding hydrogens is 461 g/mol. The van der Waals surface area contributed by atoms with Gasteiger partial charge in [-0.2, -0.15) is 23.5 Å². The van der Waals surface area contributed by atoms with Gasteiger partial charge in [-0.25, -0.2) is 9.67 Å². The molecular formula is C25H25F3N4O3. The fraction of sp³-hybridized carbons (Fsp3) is 0.360. The molecule has 0 N–H and O–H groups in total. The van der Waals surface area contributed by atoms with Crippen molar-refractivity contribution in [3.63, 3.8) is 0 Å². The number of nitriles is 1. The van der Waals surface area contributed by atoms with Crippen LogP contribution in [0.15, 0.2) is 42.7 Å². The smallest absolute Gasteiger partial charge is 0.417 e. The second kappa shape index (κ2) is 11.5. The molecule has 0 spiro atoms. The maximum atomic E-state index is 12.8. The van der Waals surface area contributed by atoms with Gasteiger partial charge >= 0.3 is 12.1 Å². The van der Waals surface area contributed by atoms with Crippen LogP contribution in [-0.2, 0) is 23.8 Å². The Morgan fingerprint density at radius 1 is 1.17 bits per heavy atom. The van der Waals surface area contributed by atoms with E-state index in [0.717, 1.165) is 29.9 Å². The second-order valence-corrected chi connectivity index (χ2v) is 7.72. The number of esters is 1. The minimum absolute atomic E-state index is 0.189. The average Bonchev–Trinajstić information content (AvgIpc) is 3.24. The molecule has 0 fully saturated rings. The molecule has 7 nitrogen and oxygen atoms in total. The summed E-state index contributed by atoms with van der Waals surface area (Å²) < 4.78 is 51.0. The molecule has 0 aliphatic heterocycles. The molecule has 10 heteroatoms. The van der Waals surface area contributed by atoms with Gasteiger partial charge < -0.3 is 9.47 Å². The fourth-order valence-corrected chi connectivity index (χ4v) is 3.37. The van der Waals surface area contributed by atoms with Crippen LogP contribution >= 0.6 is 0 Å². The van der Waals surface area contributed by atoms with E-state index in [4.69, 9.17) is 9.47 Å². The number of hydrogen-bond donors (Lipinski definition) is 0. The van der Waals surface area contributed by atoms with E-state index in [9.17, 15) is 23.2 Å². The first-order chi connectivity index (χ1) is 16.8. The third kappa shape index (κ3) is 6.59. The summed E-state index contributed by atoms with van der Waals surface area (Å²) in [4.78, 5) is 15.6. The molecule has 0 radical (unpaired) electrons. The number of hydrogen-bond acceptors (Lipinski definition) is 6. The number of benzene rings is 1. The van der Waals surface area contributed by atoms with Crippen molar-refractivity contribution >= 4 is 5.97 Å². The lowest BCUT2D eigenvalue weighted by atomic mass is 10.1. The fourth-order valence-electron chi connectivity index (χ4n) is 3.37. The van der Waals surface area contributed by atoms with Crippen molar-refractivity contribution in [1.29, 1.82) is 5.26 Å². The number of pyridine rings is 1. The van der Waals surface area contributed by atoms with E-state index in [2.05, 4.69) is 10.1 Å². The number of alkyl halides is 3. The molecule has 2 aromatic heterocycles. The van der Waals surface area contributed by atoms with Crippen molar-refractivity contribution in [1.82, 2.24) is 14.8 Å². The Balaban J connectivity index is 1.70. The molecule has 2 heterocycles. The molecule has 0 unspecified atom stereocenters. The molecule has 0 saturated carbocycles. The summed E-state index contributed by atoms with van der Waals surface area (Å²) in [6.45, 7) is 3.94. The Morgan fingerprint density at radius 2 is 1.97 bits per heavy atom. The Bertz CT molecular complexity index is 1200. The van der Waals surface area contributed by atoms with Crippen molar-refractivity contribution in [3.8, 4) is 23.4 Å². The van der Waals surface area contributed by atoms with Crippen LogP contribution in [0.4, 0.5) is 13.2 Å². The van der Waals surface area contributed by atoms with Gasteiger partial charge in [0.1, 0.15) is 6.07 Å². The number of rotatable bonds is 10. The Hall–Kier alpha value is -3.87. The van der Waals surface area contributed by atoms with E-state index in [1.165, 1.54) is 10.7 Å². The van der Waals surface area contributed by atoms with E-state index < -0.39 is 17.7 Å². The van der Waals surface area contributed by atoms with Crippen LogP contribution in [0, 0.1) is 11.3 Å². The third-order valence-corrected chi connectivity index (χ3v) is 5.12. The van der Waals surface area contributed by atoms with Crippen LogP contribution in [0.5, 0.6) is 11.5 Å². The van der Waals surface area contributed by atoms with Crippen LogP contribution in [0.2, 0.25) is 0 Å². The van der Waals surface area contributed by atoms with Crippen LogP contribution in [0.25, 0.3) is 5.82 Å². The first-order valence-electron chi connectivity index (χ1n) is 11.2. The van der Waals surface area contributed by atoms with Gasteiger partial charge in [-0.05, 0) is 49.1 Å². The van der Waals surface area contributed by atoms with E-state index in [0.29, 0.717) is 25.1 Å². The van der Waals surface area contributed by atoms with Crippen molar-refractivity contribution in [3.05, 3.63) is 65.1 Å². The molecule has 184 valence electrons. The zero-order valence-corrected chi connectivity index (χ0v) is 19.4. The van der Waals surface area contributed by atoms with Gasteiger partial charge in [-0.15, -0.1) is 0 Å². The first kappa shape index (κ1) is 25.7. The zero-order chi connectivity index (χ0) is 25.4. The number of ether oxygens (including phenoxy) is 2. The maximum absolute atomic E-state index is 12.8. The Kier molecular flexibility index (Phi) is 8.47. The molecule has 0 saturated heterocycles.